The summed E-state index contributed by atoms with van der Waals surface area (Å²) in [6.45, 7) is 0. The third kappa shape index (κ3) is 3.26. The van der Waals surface area contributed by atoms with Gasteiger partial charge in [-0.2, -0.15) is 0 Å². The summed E-state index contributed by atoms with van der Waals surface area (Å²) >= 11 is 1.54. The number of carbonyl (C=O) groups is 1. The molecular weight excluding hydrogens is 266 g/mol. The zero-order valence-corrected chi connectivity index (χ0v) is 11.4. The maximum atomic E-state index is 11.4. The average molecular weight is 281 g/mol. The van der Waals surface area contributed by atoms with Gasteiger partial charge in [0.2, 0.25) is 0 Å². The normalized spacial score (nSPS) is 15.4. The van der Waals surface area contributed by atoms with Crippen LogP contribution in [0, 0.1) is 10.1 Å². The van der Waals surface area contributed by atoms with Crippen LogP contribution < -0.4 is 0 Å². The Bertz CT molecular complexity index is 497. The van der Waals surface area contributed by atoms with Crippen molar-refractivity contribution in [1.29, 1.82) is 0 Å². The van der Waals surface area contributed by atoms with Gasteiger partial charge in [0, 0.05) is 11.3 Å². The summed E-state index contributed by atoms with van der Waals surface area (Å²) in [4.78, 5) is 22.7. The van der Waals surface area contributed by atoms with Crippen LogP contribution in [0.1, 0.15) is 36.0 Å². The Hall–Kier alpha value is -1.56. The summed E-state index contributed by atoms with van der Waals surface area (Å²) in [5.41, 5.74) is 0.199. The Kier molecular flexibility index (Phi) is 4.42. The van der Waals surface area contributed by atoms with Crippen LogP contribution in [0.3, 0.4) is 0 Å². The van der Waals surface area contributed by atoms with Crippen LogP contribution in [0.2, 0.25) is 0 Å². The van der Waals surface area contributed by atoms with Crippen LogP contribution in [0.4, 0.5) is 5.69 Å². The van der Waals surface area contributed by atoms with Gasteiger partial charge in [0.1, 0.15) is 0 Å². The molecule has 1 saturated carbocycles. The second-order valence-corrected chi connectivity index (χ2v) is 5.80. The summed E-state index contributed by atoms with van der Waals surface area (Å²) in [5, 5.41) is 11.5. The van der Waals surface area contributed by atoms with Crippen molar-refractivity contribution in [2.24, 2.45) is 0 Å². The highest BCUT2D eigenvalue weighted by molar-refractivity contribution is 8.00. The molecule has 0 N–H and O–H groups in total. The number of esters is 1. The Morgan fingerprint density at radius 2 is 2.11 bits per heavy atom. The van der Waals surface area contributed by atoms with Gasteiger partial charge in [-0.15, -0.1) is 11.8 Å². The first kappa shape index (κ1) is 13.9. The summed E-state index contributed by atoms with van der Waals surface area (Å²) in [6.07, 6.45) is 4.57. The fourth-order valence-corrected chi connectivity index (χ4v) is 3.52. The second kappa shape index (κ2) is 6.06. The number of ether oxygens (including phenoxy) is 1. The lowest BCUT2D eigenvalue weighted by Crippen LogP contribution is -2.03. The molecule has 0 saturated heterocycles. The number of thioether (sulfide) groups is 1. The van der Waals surface area contributed by atoms with E-state index in [2.05, 4.69) is 4.74 Å². The third-order valence-corrected chi connectivity index (χ3v) is 4.58. The van der Waals surface area contributed by atoms with Crippen LogP contribution in [-0.2, 0) is 4.74 Å². The fraction of sp³-hybridized carbons (Fsp3) is 0.462. The molecule has 1 aromatic carbocycles. The lowest BCUT2D eigenvalue weighted by molar-refractivity contribution is -0.387. The molecule has 102 valence electrons. The lowest BCUT2D eigenvalue weighted by Gasteiger charge is -2.09. The van der Waals surface area contributed by atoms with E-state index in [4.69, 9.17) is 0 Å². The first-order valence-corrected chi connectivity index (χ1v) is 7.03. The van der Waals surface area contributed by atoms with Gasteiger partial charge in [-0.1, -0.05) is 12.8 Å². The van der Waals surface area contributed by atoms with Crippen molar-refractivity contribution in [1.82, 2.24) is 0 Å². The number of benzene rings is 1. The SMILES string of the molecule is COC(=O)c1ccc(SC2CCCC2)c([N+](=O)[O-])c1. The van der Waals surface area contributed by atoms with Gasteiger partial charge in [-0.25, -0.2) is 4.79 Å². The second-order valence-electron chi connectivity index (χ2n) is 4.46. The smallest absolute Gasteiger partial charge is 0.338 e. The van der Waals surface area contributed by atoms with Gasteiger partial charge >= 0.3 is 5.97 Å². The van der Waals surface area contributed by atoms with Crippen LogP contribution in [0.5, 0.6) is 0 Å². The van der Waals surface area contributed by atoms with Crippen LogP contribution in [0.25, 0.3) is 0 Å². The number of nitro benzene ring substituents is 1. The summed E-state index contributed by atoms with van der Waals surface area (Å²) < 4.78 is 4.58. The van der Waals surface area contributed by atoms with Crippen molar-refractivity contribution in [3.8, 4) is 0 Å². The van der Waals surface area contributed by atoms with Crippen molar-refractivity contribution in [2.75, 3.05) is 7.11 Å². The first-order valence-electron chi connectivity index (χ1n) is 6.15. The average Bonchev–Trinajstić information content (AvgIpc) is 2.91. The van der Waals surface area contributed by atoms with Crippen LogP contribution in [0.15, 0.2) is 23.1 Å². The minimum absolute atomic E-state index is 0.0141. The maximum absolute atomic E-state index is 11.4. The third-order valence-electron chi connectivity index (χ3n) is 3.17. The number of hydrogen-bond acceptors (Lipinski definition) is 5. The minimum atomic E-state index is -0.555. The van der Waals surface area contributed by atoms with Crippen molar-refractivity contribution in [3.05, 3.63) is 33.9 Å². The molecule has 0 atom stereocenters. The van der Waals surface area contributed by atoms with E-state index in [0.29, 0.717) is 10.1 Å². The fourth-order valence-electron chi connectivity index (χ4n) is 2.19. The molecule has 1 aromatic rings. The monoisotopic (exact) mass is 281 g/mol. The van der Waals surface area contributed by atoms with E-state index in [1.54, 1.807) is 23.9 Å². The zero-order valence-electron chi connectivity index (χ0n) is 10.6. The molecular formula is C13H15NO4S. The number of hydrogen-bond donors (Lipinski definition) is 0. The van der Waals surface area contributed by atoms with E-state index < -0.39 is 10.9 Å². The van der Waals surface area contributed by atoms with Crippen molar-refractivity contribution < 1.29 is 14.5 Å². The molecule has 0 aromatic heterocycles. The molecule has 0 amide bonds. The minimum Gasteiger partial charge on any atom is -0.465 e. The number of nitrogens with zero attached hydrogens (tertiary/aromatic N) is 1. The molecule has 6 heteroatoms. The first-order chi connectivity index (χ1) is 9.11. The van der Waals surface area contributed by atoms with Crippen molar-refractivity contribution in [3.63, 3.8) is 0 Å². The quantitative estimate of drug-likeness (QED) is 0.480. The molecule has 5 nitrogen and oxygen atoms in total. The Morgan fingerprint density at radius 3 is 2.68 bits per heavy atom. The summed E-state index contributed by atoms with van der Waals surface area (Å²) in [7, 11) is 1.26. The predicted octanol–water partition coefficient (Wildman–Crippen LogP) is 3.42. The number of rotatable bonds is 4. The highest BCUT2D eigenvalue weighted by atomic mass is 32.2. The standard InChI is InChI=1S/C13H15NO4S/c1-18-13(15)9-6-7-12(11(8-9)14(16)17)19-10-4-2-3-5-10/h6-8,10H,2-5H2,1H3. The van der Waals surface area contributed by atoms with Crippen LogP contribution in [-0.4, -0.2) is 23.3 Å². The zero-order chi connectivity index (χ0) is 13.8. The lowest BCUT2D eigenvalue weighted by atomic mass is 10.2. The molecule has 19 heavy (non-hydrogen) atoms. The molecule has 0 heterocycles. The Labute approximate surface area is 115 Å². The van der Waals surface area contributed by atoms with Gasteiger partial charge in [0.25, 0.3) is 5.69 Å². The van der Waals surface area contributed by atoms with E-state index in [0.717, 1.165) is 12.8 Å². The summed E-state index contributed by atoms with van der Waals surface area (Å²) in [6, 6.07) is 4.52. The number of nitro groups is 1. The molecule has 0 radical (unpaired) electrons. The Morgan fingerprint density at radius 1 is 1.42 bits per heavy atom. The molecule has 0 bridgehead atoms. The number of carbonyl (C=O) groups excluding carboxylic acids is 1. The largest absolute Gasteiger partial charge is 0.465 e. The summed E-state index contributed by atoms with van der Waals surface area (Å²) in [5.74, 6) is -0.555. The highest BCUT2D eigenvalue weighted by Crippen LogP contribution is 2.39. The van der Waals surface area contributed by atoms with Gasteiger partial charge in [-0.05, 0) is 25.0 Å². The van der Waals surface area contributed by atoms with Crippen molar-refractivity contribution >= 4 is 23.4 Å². The Balaban J connectivity index is 2.26. The van der Waals surface area contributed by atoms with Gasteiger partial charge in [0.15, 0.2) is 0 Å². The predicted molar refractivity (Wildman–Crippen MR) is 72.5 cm³/mol. The molecule has 1 aliphatic rings. The molecule has 1 fully saturated rings. The molecule has 1 aliphatic carbocycles. The molecule has 0 unspecified atom stereocenters. The van der Waals surface area contributed by atoms with E-state index in [-0.39, 0.29) is 11.3 Å². The van der Waals surface area contributed by atoms with E-state index in [1.807, 2.05) is 0 Å². The number of methoxy groups -OCH3 is 1. The van der Waals surface area contributed by atoms with E-state index >= 15 is 0 Å². The van der Waals surface area contributed by atoms with Gasteiger partial charge in [0.05, 0.1) is 22.5 Å². The topological polar surface area (TPSA) is 69.4 Å². The van der Waals surface area contributed by atoms with Crippen LogP contribution >= 0.6 is 11.8 Å². The maximum Gasteiger partial charge on any atom is 0.338 e. The highest BCUT2D eigenvalue weighted by Gasteiger charge is 2.23. The van der Waals surface area contributed by atoms with Gasteiger partial charge in [-0.3, -0.25) is 10.1 Å². The van der Waals surface area contributed by atoms with Crippen molar-refractivity contribution in [2.45, 2.75) is 35.8 Å². The van der Waals surface area contributed by atoms with E-state index in [1.165, 1.54) is 26.0 Å². The van der Waals surface area contributed by atoms with E-state index in [9.17, 15) is 14.9 Å². The van der Waals surface area contributed by atoms with Gasteiger partial charge < -0.3 is 4.74 Å². The molecule has 2 rings (SSSR count). The molecule has 0 aliphatic heterocycles. The molecule has 0 spiro atoms.